The summed E-state index contributed by atoms with van der Waals surface area (Å²) < 4.78 is 27.4. The van der Waals surface area contributed by atoms with Gasteiger partial charge < -0.3 is 0 Å². The fraction of sp³-hybridized carbons (Fsp3) is 0.400. The van der Waals surface area contributed by atoms with Gasteiger partial charge in [0.15, 0.2) is 0 Å². The van der Waals surface area contributed by atoms with Gasteiger partial charge in [-0.25, -0.2) is 8.42 Å². The summed E-state index contributed by atoms with van der Waals surface area (Å²) in [5.74, 6) is 1.12. The van der Waals surface area contributed by atoms with E-state index in [0.29, 0.717) is 18.0 Å². The van der Waals surface area contributed by atoms with Crippen molar-refractivity contribution in [3.63, 3.8) is 0 Å². The molecule has 0 aromatic heterocycles. The highest BCUT2D eigenvalue weighted by atomic mass is 32.2. The van der Waals surface area contributed by atoms with E-state index in [1.165, 1.54) is 5.56 Å². The normalized spacial score (nSPS) is 21.2. The summed E-state index contributed by atoms with van der Waals surface area (Å²) in [6, 6.07) is 19.3. The second-order valence-electron chi connectivity index (χ2n) is 6.92. The minimum absolute atomic E-state index is 0.0819. The van der Waals surface area contributed by atoms with Gasteiger partial charge in [-0.05, 0) is 30.5 Å². The van der Waals surface area contributed by atoms with Gasteiger partial charge in [0, 0.05) is 31.9 Å². The van der Waals surface area contributed by atoms with Gasteiger partial charge in [-0.1, -0.05) is 48.5 Å². The van der Waals surface area contributed by atoms with Gasteiger partial charge in [0.1, 0.15) is 0 Å². The lowest BCUT2D eigenvalue weighted by Gasteiger charge is -2.43. The highest BCUT2D eigenvalue weighted by Gasteiger charge is 2.45. The lowest BCUT2D eigenvalue weighted by atomic mass is 10.0. The van der Waals surface area contributed by atoms with E-state index < -0.39 is 10.0 Å². The van der Waals surface area contributed by atoms with Crippen molar-refractivity contribution in [2.24, 2.45) is 0 Å². The lowest BCUT2D eigenvalue weighted by molar-refractivity contribution is 0.125. The number of nitrogens with zero attached hydrogens (tertiary/aromatic N) is 2. The average Bonchev–Trinajstić information content (AvgIpc) is 3.05. The third-order valence-corrected chi connectivity index (χ3v) is 8.91. The molecule has 0 saturated carbocycles. The van der Waals surface area contributed by atoms with E-state index in [1.54, 1.807) is 28.6 Å². The molecule has 0 bridgehead atoms. The van der Waals surface area contributed by atoms with E-state index in [4.69, 9.17) is 0 Å². The molecule has 0 N–H and O–H groups in total. The molecule has 138 valence electrons. The summed E-state index contributed by atoms with van der Waals surface area (Å²) in [7, 11) is -3.38. The zero-order valence-corrected chi connectivity index (χ0v) is 16.4. The molecule has 2 saturated heterocycles. The van der Waals surface area contributed by atoms with Crippen LogP contribution < -0.4 is 0 Å². The zero-order chi connectivity index (χ0) is 18.0. The highest BCUT2D eigenvalue weighted by Crippen LogP contribution is 2.45. The van der Waals surface area contributed by atoms with E-state index in [1.807, 2.05) is 23.9 Å². The Hall–Kier alpha value is -1.34. The van der Waals surface area contributed by atoms with Crippen molar-refractivity contribution in [3.8, 4) is 0 Å². The highest BCUT2D eigenvalue weighted by molar-refractivity contribution is 8.00. The Bertz CT molecular complexity index is 833. The van der Waals surface area contributed by atoms with Gasteiger partial charge >= 0.3 is 0 Å². The molecule has 0 radical (unpaired) electrons. The van der Waals surface area contributed by atoms with Crippen molar-refractivity contribution in [1.29, 1.82) is 0 Å². The van der Waals surface area contributed by atoms with Gasteiger partial charge in [0.05, 0.1) is 9.77 Å². The number of hydrogen-bond donors (Lipinski definition) is 0. The third-order valence-electron chi connectivity index (χ3n) is 5.41. The Balaban J connectivity index is 1.47. The Labute approximate surface area is 160 Å². The van der Waals surface area contributed by atoms with E-state index in [-0.39, 0.29) is 4.87 Å². The quantitative estimate of drug-likeness (QED) is 0.805. The van der Waals surface area contributed by atoms with Gasteiger partial charge in [-0.3, -0.25) is 4.90 Å². The Morgan fingerprint density at radius 2 is 1.50 bits per heavy atom. The molecule has 2 aromatic rings. The summed E-state index contributed by atoms with van der Waals surface area (Å²) in [6.45, 7) is 3.20. The van der Waals surface area contributed by atoms with Crippen molar-refractivity contribution in [2.45, 2.75) is 29.2 Å². The first-order valence-electron chi connectivity index (χ1n) is 9.08. The number of hydrogen-bond acceptors (Lipinski definition) is 4. The number of piperidine rings is 1. The van der Waals surface area contributed by atoms with Crippen LogP contribution in [0, 0.1) is 0 Å². The molecule has 0 unspecified atom stereocenters. The summed E-state index contributed by atoms with van der Waals surface area (Å²) in [6.07, 6.45) is 1.77. The fourth-order valence-electron chi connectivity index (χ4n) is 3.95. The maximum absolute atomic E-state index is 12.9. The maximum Gasteiger partial charge on any atom is 0.243 e. The fourth-order valence-corrected chi connectivity index (χ4v) is 6.91. The number of thioether (sulfide) groups is 1. The SMILES string of the molecule is O=S(=O)(c1ccccc1)N1CCC2(CC1)SCCN2Cc1ccccc1. The first kappa shape index (κ1) is 18.0. The number of rotatable bonds is 4. The standard InChI is InChI=1S/C20H24N2O2S2/c23-26(24,19-9-5-2-6-10-19)22-13-11-20(12-14-22)21(15-16-25-20)17-18-7-3-1-4-8-18/h1-10H,11-17H2. The number of sulfonamides is 1. The smallest absolute Gasteiger partial charge is 0.243 e. The lowest BCUT2D eigenvalue weighted by Crippen LogP contribution is -2.51. The second kappa shape index (κ2) is 7.35. The monoisotopic (exact) mass is 388 g/mol. The van der Waals surface area contributed by atoms with Crippen molar-refractivity contribution in [3.05, 3.63) is 66.2 Å². The van der Waals surface area contributed by atoms with Crippen LogP contribution in [0.25, 0.3) is 0 Å². The molecular formula is C20H24N2O2S2. The second-order valence-corrected chi connectivity index (χ2v) is 10.3. The van der Waals surface area contributed by atoms with E-state index in [2.05, 4.69) is 29.2 Å². The van der Waals surface area contributed by atoms with Crippen LogP contribution in [0.3, 0.4) is 0 Å². The van der Waals surface area contributed by atoms with E-state index in [0.717, 1.165) is 31.7 Å². The predicted octanol–water partition coefficient (Wildman–Crippen LogP) is 3.42. The minimum Gasteiger partial charge on any atom is -0.284 e. The topological polar surface area (TPSA) is 40.6 Å². The Morgan fingerprint density at radius 1 is 0.885 bits per heavy atom. The third kappa shape index (κ3) is 3.43. The van der Waals surface area contributed by atoms with Crippen LogP contribution in [0.1, 0.15) is 18.4 Å². The predicted molar refractivity (Wildman–Crippen MR) is 106 cm³/mol. The molecule has 0 aliphatic carbocycles. The zero-order valence-electron chi connectivity index (χ0n) is 14.8. The molecule has 2 aliphatic rings. The van der Waals surface area contributed by atoms with Gasteiger partial charge in [-0.2, -0.15) is 4.31 Å². The summed E-state index contributed by atoms with van der Waals surface area (Å²) in [5, 5.41) is 0. The van der Waals surface area contributed by atoms with Crippen LogP contribution in [0.15, 0.2) is 65.6 Å². The minimum atomic E-state index is -3.38. The molecule has 2 aromatic carbocycles. The van der Waals surface area contributed by atoms with Crippen molar-refractivity contribution in [2.75, 3.05) is 25.4 Å². The van der Waals surface area contributed by atoms with Crippen LogP contribution >= 0.6 is 11.8 Å². The summed E-state index contributed by atoms with van der Waals surface area (Å²) in [5.41, 5.74) is 1.33. The van der Waals surface area contributed by atoms with Gasteiger partial charge in [-0.15, -0.1) is 11.8 Å². The Morgan fingerprint density at radius 3 is 2.15 bits per heavy atom. The molecule has 4 nitrogen and oxygen atoms in total. The molecule has 2 fully saturated rings. The van der Waals surface area contributed by atoms with Crippen LogP contribution in [0.4, 0.5) is 0 Å². The summed E-state index contributed by atoms with van der Waals surface area (Å²) >= 11 is 2.01. The molecule has 2 aliphatic heterocycles. The summed E-state index contributed by atoms with van der Waals surface area (Å²) in [4.78, 5) is 3.04. The maximum atomic E-state index is 12.9. The average molecular weight is 389 g/mol. The molecule has 0 amide bonds. The van der Waals surface area contributed by atoms with Crippen LogP contribution in [-0.4, -0.2) is 47.9 Å². The molecule has 26 heavy (non-hydrogen) atoms. The molecule has 1 spiro atoms. The molecule has 6 heteroatoms. The van der Waals surface area contributed by atoms with Gasteiger partial charge in [0.2, 0.25) is 10.0 Å². The molecule has 4 rings (SSSR count). The molecule has 0 atom stereocenters. The molecular weight excluding hydrogens is 364 g/mol. The van der Waals surface area contributed by atoms with E-state index >= 15 is 0 Å². The first-order chi connectivity index (χ1) is 12.6. The number of benzene rings is 2. The van der Waals surface area contributed by atoms with Gasteiger partial charge in [0.25, 0.3) is 0 Å². The largest absolute Gasteiger partial charge is 0.284 e. The van der Waals surface area contributed by atoms with Crippen molar-refractivity contribution >= 4 is 21.8 Å². The van der Waals surface area contributed by atoms with Crippen LogP contribution in [-0.2, 0) is 16.6 Å². The van der Waals surface area contributed by atoms with Crippen molar-refractivity contribution < 1.29 is 8.42 Å². The van der Waals surface area contributed by atoms with Crippen molar-refractivity contribution in [1.82, 2.24) is 9.21 Å². The molecule has 2 heterocycles. The Kier molecular flexibility index (Phi) is 5.10. The van der Waals surface area contributed by atoms with Crippen LogP contribution in [0.2, 0.25) is 0 Å². The van der Waals surface area contributed by atoms with Crippen LogP contribution in [0.5, 0.6) is 0 Å². The van der Waals surface area contributed by atoms with E-state index in [9.17, 15) is 8.42 Å². The first-order valence-corrected chi connectivity index (χ1v) is 11.5.